The molecule has 1 atom stereocenters. The predicted molar refractivity (Wildman–Crippen MR) is 63.2 cm³/mol. The zero-order valence-electron chi connectivity index (χ0n) is 8.29. The highest BCUT2D eigenvalue weighted by Gasteiger charge is 2.14. The molecule has 0 saturated heterocycles. The molecule has 0 saturated carbocycles. The lowest BCUT2D eigenvalue weighted by Gasteiger charge is -2.08. The molecule has 3 heteroatoms. The molecule has 2 nitrogen and oxygen atoms in total. The van der Waals surface area contributed by atoms with Crippen LogP contribution in [0.5, 0.6) is 0 Å². The van der Waals surface area contributed by atoms with Gasteiger partial charge in [0.2, 0.25) is 0 Å². The van der Waals surface area contributed by atoms with Crippen LogP contribution in [0.1, 0.15) is 18.7 Å². The van der Waals surface area contributed by atoms with Gasteiger partial charge in [0.15, 0.2) is 0 Å². The number of hydrogen-bond acceptors (Lipinski definition) is 1. The van der Waals surface area contributed by atoms with E-state index in [1.807, 2.05) is 26.1 Å². The summed E-state index contributed by atoms with van der Waals surface area (Å²) >= 11 is 3.60. The Balaban J connectivity index is 2.85. The molecular formula is C11H13BrN2. The molecule has 1 aromatic carbocycles. The molecule has 0 fully saturated rings. The quantitative estimate of drug-likeness (QED) is 0.832. The van der Waals surface area contributed by atoms with Gasteiger partial charge in [0.05, 0.1) is 0 Å². The molecule has 2 N–H and O–H groups in total. The van der Waals surface area contributed by atoms with Crippen LogP contribution in [0.15, 0.2) is 28.7 Å². The van der Waals surface area contributed by atoms with Crippen LogP contribution in [-0.2, 0) is 7.05 Å². The summed E-state index contributed by atoms with van der Waals surface area (Å²) in [4.78, 5) is 0. The van der Waals surface area contributed by atoms with Gasteiger partial charge in [-0.1, -0.05) is 18.2 Å². The molecule has 14 heavy (non-hydrogen) atoms. The fourth-order valence-electron chi connectivity index (χ4n) is 1.87. The third kappa shape index (κ3) is 1.28. The molecule has 2 rings (SSSR count). The monoisotopic (exact) mass is 252 g/mol. The molecule has 2 aromatic rings. The number of para-hydroxylation sites is 1. The largest absolute Gasteiger partial charge is 0.345 e. The first kappa shape index (κ1) is 9.74. The van der Waals surface area contributed by atoms with Crippen molar-refractivity contribution in [3.05, 3.63) is 34.4 Å². The van der Waals surface area contributed by atoms with Gasteiger partial charge in [0.25, 0.3) is 0 Å². The molecule has 1 aromatic heterocycles. The van der Waals surface area contributed by atoms with Crippen molar-refractivity contribution in [2.75, 3.05) is 0 Å². The Labute approximate surface area is 91.8 Å². The van der Waals surface area contributed by atoms with Gasteiger partial charge in [-0.25, -0.2) is 0 Å². The Bertz CT molecular complexity index is 432. The number of rotatable bonds is 1. The van der Waals surface area contributed by atoms with Crippen molar-refractivity contribution in [1.82, 2.24) is 4.57 Å². The van der Waals surface area contributed by atoms with Gasteiger partial charge in [-0.3, -0.25) is 0 Å². The molecule has 0 aliphatic rings. The fraction of sp³-hybridized carbons (Fsp3) is 0.273. The van der Waals surface area contributed by atoms with Crippen LogP contribution < -0.4 is 5.73 Å². The van der Waals surface area contributed by atoms with Crippen LogP contribution in [0.2, 0.25) is 0 Å². The van der Waals surface area contributed by atoms with Crippen LogP contribution in [0.4, 0.5) is 0 Å². The molecule has 1 unspecified atom stereocenters. The lowest BCUT2D eigenvalue weighted by molar-refractivity contribution is 0.722. The Hall–Kier alpha value is -0.800. The van der Waals surface area contributed by atoms with Gasteiger partial charge >= 0.3 is 0 Å². The maximum absolute atomic E-state index is 5.93. The zero-order chi connectivity index (χ0) is 10.3. The molecule has 0 aliphatic heterocycles. The topological polar surface area (TPSA) is 30.9 Å². The van der Waals surface area contributed by atoms with Crippen molar-refractivity contribution in [3.8, 4) is 0 Å². The van der Waals surface area contributed by atoms with Crippen molar-refractivity contribution in [1.29, 1.82) is 0 Å². The lowest BCUT2D eigenvalue weighted by atomic mass is 10.2. The minimum atomic E-state index is 0.0433. The van der Waals surface area contributed by atoms with E-state index in [1.54, 1.807) is 0 Å². The van der Waals surface area contributed by atoms with E-state index in [2.05, 4.69) is 32.6 Å². The Morgan fingerprint density at radius 1 is 1.36 bits per heavy atom. The van der Waals surface area contributed by atoms with E-state index < -0.39 is 0 Å². The van der Waals surface area contributed by atoms with Crippen molar-refractivity contribution < 1.29 is 0 Å². The molecule has 0 amide bonds. The highest BCUT2D eigenvalue weighted by Crippen LogP contribution is 2.32. The summed E-state index contributed by atoms with van der Waals surface area (Å²) in [7, 11) is 2.05. The van der Waals surface area contributed by atoms with Crippen LogP contribution in [-0.4, -0.2) is 4.57 Å². The number of nitrogens with zero attached hydrogens (tertiary/aromatic N) is 1. The summed E-state index contributed by atoms with van der Waals surface area (Å²) in [5.74, 6) is 0. The van der Waals surface area contributed by atoms with E-state index >= 15 is 0 Å². The average molecular weight is 253 g/mol. The standard InChI is InChI=1S/C11H13BrN2/c1-7(13)11-10(12)8-5-3-4-6-9(8)14(11)2/h3-7H,13H2,1-2H3. The van der Waals surface area contributed by atoms with E-state index in [9.17, 15) is 0 Å². The van der Waals surface area contributed by atoms with Crippen LogP contribution in [0, 0.1) is 0 Å². The van der Waals surface area contributed by atoms with E-state index in [-0.39, 0.29) is 6.04 Å². The average Bonchev–Trinajstić information content (AvgIpc) is 2.41. The summed E-state index contributed by atoms with van der Waals surface area (Å²) in [5.41, 5.74) is 8.29. The van der Waals surface area contributed by atoms with Crippen LogP contribution in [0.3, 0.4) is 0 Å². The van der Waals surface area contributed by atoms with Crippen LogP contribution in [0.25, 0.3) is 10.9 Å². The third-order valence-corrected chi connectivity index (χ3v) is 3.35. The number of aryl methyl sites for hydroxylation is 1. The van der Waals surface area contributed by atoms with E-state index in [0.717, 1.165) is 10.2 Å². The molecule has 0 radical (unpaired) electrons. The van der Waals surface area contributed by atoms with Crippen molar-refractivity contribution in [3.63, 3.8) is 0 Å². The first-order valence-corrected chi connectivity index (χ1v) is 5.40. The van der Waals surface area contributed by atoms with E-state index in [0.29, 0.717) is 0 Å². The van der Waals surface area contributed by atoms with Crippen molar-refractivity contribution in [2.24, 2.45) is 12.8 Å². The summed E-state index contributed by atoms with van der Waals surface area (Å²) in [6, 6.07) is 8.33. The van der Waals surface area contributed by atoms with Crippen molar-refractivity contribution in [2.45, 2.75) is 13.0 Å². The number of hydrogen-bond donors (Lipinski definition) is 1. The zero-order valence-corrected chi connectivity index (χ0v) is 9.88. The Kier molecular flexibility index (Phi) is 2.37. The summed E-state index contributed by atoms with van der Waals surface area (Å²) in [6.45, 7) is 2.00. The van der Waals surface area contributed by atoms with E-state index in [1.165, 1.54) is 10.9 Å². The molecule has 0 spiro atoms. The van der Waals surface area contributed by atoms with Gasteiger partial charge in [0, 0.05) is 34.2 Å². The Morgan fingerprint density at radius 3 is 2.57 bits per heavy atom. The molecular weight excluding hydrogens is 240 g/mol. The highest BCUT2D eigenvalue weighted by atomic mass is 79.9. The van der Waals surface area contributed by atoms with Gasteiger partial charge in [-0.2, -0.15) is 0 Å². The minimum Gasteiger partial charge on any atom is -0.345 e. The van der Waals surface area contributed by atoms with Crippen LogP contribution >= 0.6 is 15.9 Å². The number of aromatic nitrogens is 1. The summed E-state index contributed by atoms with van der Waals surface area (Å²) in [6.07, 6.45) is 0. The molecule has 0 aliphatic carbocycles. The van der Waals surface area contributed by atoms with E-state index in [4.69, 9.17) is 5.73 Å². The van der Waals surface area contributed by atoms with Gasteiger partial charge in [-0.05, 0) is 28.9 Å². The highest BCUT2D eigenvalue weighted by molar-refractivity contribution is 9.10. The van der Waals surface area contributed by atoms with Crippen molar-refractivity contribution >= 4 is 26.8 Å². The SMILES string of the molecule is CC(N)c1c(Br)c2ccccc2n1C. The number of halogens is 1. The van der Waals surface area contributed by atoms with Gasteiger partial charge < -0.3 is 10.3 Å². The smallest absolute Gasteiger partial charge is 0.0494 e. The maximum Gasteiger partial charge on any atom is 0.0494 e. The minimum absolute atomic E-state index is 0.0433. The summed E-state index contributed by atoms with van der Waals surface area (Å²) < 4.78 is 3.26. The second-order valence-corrected chi connectivity index (χ2v) is 4.36. The number of benzene rings is 1. The molecule has 1 heterocycles. The second-order valence-electron chi connectivity index (χ2n) is 3.56. The maximum atomic E-state index is 5.93. The van der Waals surface area contributed by atoms with Gasteiger partial charge in [-0.15, -0.1) is 0 Å². The molecule has 0 bridgehead atoms. The fourth-order valence-corrected chi connectivity index (χ4v) is 2.83. The molecule has 74 valence electrons. The van der Waals surface area contributed by atoms with Gasteiger partial charge in [0.1, 0.15) is 0 Å². The predicted octanol–water partition coefficient (Wildman–Crippen LogP) is 2.96. The lowest BCUT2D eigenvalue weighted by Crippen LogP contribution is -2.10. The first-order chi connectivity index (χ1) is 6.63. The first-order valence-electron chi connectivity index (χ1n) is 4.61. The second kappa shape index (κ2) is 3.41. The normalized spacial score (nSPS) is 13.4. The number of nitrogens with two attached hydrogens (primary N) is 1. The number of fused-ring (bicyclic) bond motifs is 1. The third-order valence-electron chi connectivity index (χ3n) is 2.52. The Morgan fingerprint density at radius 2 is 2.00 bits per heavy atom. The summed E-state index contributed by atoms with van der Waals surface area (Å²) in [5, 5.41) is 1.22.